The first-order chi connectivity index (χ1) is 10.7. The van der Waals surface area contributed by atoms with Gasteiger partial charge in [0.15, 0.2) is 0 Å². The van der Waals surface area contributed by atoms with Crippen LogP contribution in [-0.4, -0.2) is 11.3 Å². The van der Waals surface area contributed by atoms with Crippen molar-refractivity contribution in [2.24, 2.45) is 0 Å². The molecule has 3 heteroatoms. The maximum Gasteiger partial charge on any atom is 0.150 e. The topological polar surface area (TPSA) is 30.0 Å². The molecular formula is C19H14BrNO. The van der Waals surface area contributed by atoms with Crippen LogP contribution in [0.1, 0.15) is 15.9 Å². The van der Waals surface area contributed by atoms with Crippen molar-refractivity contribution in [3.05, 3.63) is 76.3 Å². The number of aldehydes is 1. The second-order valence-corrected chi connectivity index (χ2v) is 6.08. The number of pyridine rings is 1. The second kappa shape index (κ2) is 6.24. The van der Waals surface area contributed by atoms with E-state index in [9.17, 15) is 4.79 Å². The van der Waals surface area contributed by atoms with Crippen LogP contribution in [0.3, 0.4) is 0 Å². The summed E-state index contributed by atoms with van der Waals surface area (Å²) in [5.41, 5.74) is 5.43. The van der Waals surface area contributed by atoms with Crippen molar-refractivity contribution < 1.29 is 4.79 Å². The van der Waals surface area contributed by atoms with E-state index in [4.69, 9.17) is 4.98 Å². The largest absolute Gasteiger partial charge is 0.298 e. The minimum Gasteiger partial charge on any atom is -0.298 e. The summed E-state index contributed by atoms with van der Waals surface area (Å²) in [6, 6.07) is 19.7. The van der Waals surface area contributed by atoms with Crippen molar-refractivity contribution >= 4 is 22.2 Å². The molecule has 1 aromatic heterocycles. The summed E-state index contributed by atoms with van der Waals surface area (Å²) >= 11 is 3.43. The molecule has 0 amide bonds. The predicted molar refractivity (Wildman–Crippen MR) is 92.9 cm³/mol. The van der Waals surface area contributed by atoms with Gasteiger partial charge < -0.3 is 0 Å². The van der Waals surface area contributed by atoms with Gasteiger partial charge in [-0.3, -0.25) is 4.79 Å². The summed E-state index contributed by atoms with van der Waals surface area (Å²) in [6.07, 6.45) is 0.863. The van der Waals surface area contributed by atoms with E-state index in [1.165, 1.54) is 5.56 Å². The lowest BCUT2D eigenvalue weighted by Crippen LogP contribution is -1.92. The fraction of sp³-hybridized carbons (Fsp3) is 0.0526. The molecule has 0 radical (unpaired) electrons. The van der Waals surface area contributed by atoms with E-state index in [0.29, 0.717) is 5.56 Å². The molecule has 0 aliphatic heterocycles. The molecule has 0 spiro atoms. The number of benzene rings is 2. The Morgan fingerprint density at radius 2 is 1.36 bits per heavy atom. The van der Waals surface area contributed by atoms with Crippen LogP contribution in [0.5, 0.6) is 0 Å². The lowest BCUT2D eigenvalue weighted by Gasteiger charge is -2.07. The summed E-state index contributed by atoms with van der Waals surface area (Å²) in [5, 5.41) is 0. The molecule has 3 aromatic rings. The lowest BCUT2D eigenvalue weighted by molar-refractivity contribution is 0.112. The number of hydrogen-bond donors (Lipinski definition) is 0. The Hall–Kier alpha value is -2.26. The van der Waals surface area contributed by atoms with E-state index >= 15 is 0 Å². The monoisotopic (exact) mass is 351 g/mol. The smallest absolute Gasteiger partial charge is 0.150 e. The van der Waals surface area contributed by atoms with Crippen LogP contribution in [0.25, 0.3) is 22.5 Å². The average Bonchev–Trinajstić information content (AvgIpc) is 2.55. The van der Waals surface area contributed by atoms with Gasteiger partial charge in [-0.1, -0.05) is 57.9 Å². The van der Waals surface area contributed by atoms with Crippen LogP contribution in [-0.2, 0) is 0 Å². The molecule has 108 valence electrons. The van der Waals surface area contributed by atoms with Crippen LogP contribution in [0, 0.1) is 6.92 Å². The molecular weight excluding hydrogens is 338 g/mol. The van der Waals surface area contributed by atoms with Gasteiger partial charge >= 0.3 is 0 Å². The highest BCUT2D eigenvalue weighted by atomic mass is 79.9. The number of nitrogens with zero attached hydrogens (tertiary/aromatic N) is 1. The Kier molecular flexibility index (Phi) is 4.16. The number of aromatic nitrogens is 1. The Labute approximate surface area is 138 Å². The third-order valence-electron chi connectivity index (χ3n) is 3.47. The molecule has 3 rings (SSSR count). The van der Waals surface area contributed by atoms with Gasteiger partial charge in [0, 0.05) is 21.2 Å². The lowest BCUT2D eigenvalue weighted by atomic mass is 10.0. The highest BCUT2D eigenvalue weighted by Gasteiger charge is 2.07. The zero-order valence-electron chi connectivity index (χ0n) is 12.1. The van der Waals surface area contributed by atoms with Gasteiger partial charge in [-0.15, -0.1) is 0 Å². The van der Waals surface area contributed by atoms with E-state index in [0.717, 1.165) is 33.3 Å². The first-order valence-electron chi connectivity index (χ1n) is 6.96. The van der Waals surface area contributed by atoms with Crippen molar-refractivity contribution in [2.75, 3.05) is 0 Å². The normalized spacial score (nSPS) is 10.5. The SMILES string of the molecule is Cc1ccc(-c2cc(C=O)cc(-c3ccc(Br)cc3)n2)cc1. The number of hydrogen-bond acceptors (Lipinski definition) is 2. The highest BCUT2D eigenvalue weighted by molar-refractivity contribution is 9.10. The van der Waals surface area contributed by atoms with Gasteiger partial charge in [0.1, 0.15) is 6.29 Å². The van der Waals surface area contributed by atoms with E-state index in [-0.39, 0.29) is 0 Å². The standard InChI is InChI=1S/C19H14BrNO/c1-13-2-4-15(5-3-13)18-10-14(12-22)11-19(21-18)16-6-8-17(20)9-7-16/h2-12H,1H3. The van der Waals surface area contributed by atoms with E-state index in [1.807, 2.05) is 67.6 Å². The molecule has 0 fully saturated rings. The molecule has 0 atom stereocenters. The number of carbonyl (C=O) groups is 1. The number of halogens is 1. The predicted octanol–water partition coefficient (Wildman–Crippen LogP) is 5.30. The second-order valence-electron chi connectivity index (χ2n) is 5.16. The van der Waals surface area contributed by atoms with Crippen molar-refractivity contribution in [1.82, 2.24) is 4.98 Å². The van der Waals surface area contributed by atoms with E-state index in [1.54, 1.807) is 0 Å². The van der Waals surface area contributed by atoms with Crippen LogP contribution in [0.2, 0.25) is 0 Å². The number of rotatable bonds is 3. The molecule has 0 unspecified atom stereocenters. The first kappa shape index (κ1) is 14.7. The minimum atomic E-state index is 0.628. The molecule has 0 N–H and O–H groups in total. The molecule has 0 aliphatic rings. The summed E-state index contributed by atoms with van der Waals surface area (Å²) in [6.45, 7) is 2.05. The fourth-order valence-corrected chi connectivity index (χ4v) is 2.52. The molecule has 1 heterocycles. The van der Waals surface area contributed by atoms with Gasteiger partial charge in [-0.05, 0) is 31.2 Å². The highest BCUT2D eigenvalue weighted by Crippen LogP contribution is 2.25. The molecule has 2 aromatic carbocycles. The Balaban J connectivity index is 2.12. The van der Waals surface area contributed by atoms with Gasteiger partial charge in [0.05, 0.1) is 11.4 Å². The van der Waals surface area contributed by atoms with Crippen LogP contribution in [0.4, 0.5) is 0 Å². The van der Waals surface area contributed by atoms with Gasteiger partial charge in [0.2, 0.25) is 0 Å². The number of carbonyl (C=O) groups excluding carboxylic acids is 1. The summed E-state index contributed by atoms with van der Waals surface area (Å²) in [5.74, 6) is 0. The molecule has 0 bridgehead atoms. The van der Waals surface area contributed by atoms with Gasteiger partial charge in [0.25, 0.3) is 0 Å². The molecule has 22 heavy (non-hydrogen) atoms. The minimum absolute atomic E-state index is 0.628. The Bertz CT molecular complexity index is 744. The summed E-state index contributed by atoms with van der Waals surface area (Å²) in [4.78, 5) is 16.0. The van der Waals surface area contributed by atoms with Crippen molar-refractivity contribution in [3.8, 4) is 22.5 Å². The maximum absolute atomic E-state index is 11.2. The molecule has 2 nitrogen and oxygen atoms in total. The van der Waals surface area contributed by atoms with Crippen molar-refractivity contribution in [1.29, 1.82) is 0 Å². The van der Waals surface area contributed by atoms with E-state index < -0.39 is 0 Å². The van der Waals surface area contributed by atoms with Crippen molar-refractivity contribution in [3.63, 3.8) is 0 Å². The van der Waals surface area contributed by atoms with Crippen LogP contribution < -0.4 is 0 Å². The third-order valence-corrected chi connectivity index (χ3v) is 4.00. The number of aryl methyl sites for hydroxylation is 1. The average molecular weight is 352 g/mol. The molecule has 0 saturated heterocycles. The quantitative estimate of drug-likeness (QED) is 0.599. The van der Waals surface area contributed by atoms with Gasteiger partial charge in [-0.2, -0.15) is 0 Å². The molecule has 0 saturated carbocycles. The van der Waals surface area contributed by atoms with Crippen LogP contribution in [0.15, 0.2) is 65.1 Å². The first-order valence-corrected chi connectivity index (χ1v) is 7.75. The zero-order valence-corrected chi connectivity index (χ0v) is 13.7. The summed E-state index contributed by atoms with van der Waals surface area (Å²) in [7, 11) is 0. The van der Waals surface area contributed by atoms with E-state index in [2.05, 4.69) is 15.9 Å². The molecule has 0 aliphatic carbocycles. The maximum atomic E-state index is 11.2. The Morgan fingerprint density at radius 1 is 0.864 bits per heavy atom. The Morgan fingerprint density at radius 3 is 1.86 bits per heavy atom. The third kappa shape index (κ3) is 3.15. The van der Waals surface area contributed by atoms with Gasteiger partial charge in [-0.25, -0.2) is 4.98 Å². The summed E-state index contributed by atoms with van der Waals surface area (Å²) < 4.78 is 1.02. The fourth-order valence-electron chi connectivity index (χ4n) is 2.26. The zero-order chi connectivity index (χ0) is 15.5. The van der Waals surface area contributed by atoms with Crippen LogP contribution >= 0.6 is 15.9 Å². The van der Waals surface area contributed by atoms with Crippen molar-refractivity contribution in [2.45, 2.75) is 6.92 Å².